The van der Waals surface area contributed by atoms with Crippen molar-refractivity contribution in [2.45, 2.75) is 57.5 Å². The first-order chi connectivity index (χ1) is 12.6. The van der Waals surface area contributed by atoms with Crippen LogP contribution in [-0.2, 0) is 16.2 Å². The second-order valence-corrected chi connectivity index (χ2v) is 9.53. The molecule has 0 aliphatic heterocycles. The van der Waals surface area contributed by atoms with Crippen molar-refractivity contribution in [1.29, 1.82) is 0 Å². The third-order valence-electron chi connectivity index (χ3n) is 4.63. The lowest BCUT2D eigenvalue weighted by molar-refractivity contribution is 0.158. The summed E-state index contributed by atoms with van der Waals surface area (Å²) in [5.74, 6) is 1.02. The second-order valence-electron chi connectivity index (χ2n) is 7.60. The molecule has 2 unspecified atom stereocenters. The SMILES string of the molecule is CCOc1c(C)cc(Cl)cc1C(C)(C)CC(O)CS(=O)c1ccc(C)cc1. The van der Waals surface area contributed by atoms with Gasteiger partial charge in [0.05, 0.1) is 29.3 Å². The number of ether oxygens (including phenoxy) is 1. The molecule has 0 spiro atoms. The fraction of sp³-hybridized carbons (Fsp3) is 0.455. The van der Waals surface area contributed by atoms with E-state index < -0.39 is 16.9 Å². The highest BCUT2D eigenvalue weighted by molar-refractivity contribution is 7.85. The van der Waals surface area contributed by atoms with Gasteiger partial charge in [-0.2, -0.15) is 0 Å². The average molecular weight is 409 g/mol. The lowest BCUT2D eigenvalue weighted by Crippen LogP contribution is -2.29. The zero-order valence-corrected chi connectivity index (χ0v) is 18.3. The topological polar surface area (TPSA) is 46.5 Å². The number of aryl methyl sites for hydroxylation is 2. The zero-order chi connectivity index (χ0) is 20.2. The number of aliphatic hydroxyl groups excluding tert-OH is 1. The number of hydrogen-bond acceptors (Lipinski definition) is 3. The minimum absolute atomic E-state index is 0.204. The third kappa shape index (κ3) is 5.81. The fourth-order valence-corrected chi connectivity index (χ4v) is 4.66. The van der Waals surface area contributed by atoms with E-state index in [2.05, 4.69) is 13.8 Å². The summed E-state index contributed by atoms with van der Waals surface area (Å²) in [4.78, 5) is 0.742. The van der Waals surface area contributed by atoms with Crippen LogP contribution in [-0.4, -0.2) is 27.8 Å². The molecule has 2 atom stereocenters. The van der Waals surface area contributed by atoms with Gasteiger partial charge in [-0.05, 0) is 62.4 Å². The molecular formula is C22H29ClO3S. The Morgan fingerprint density at radius 3 is 2.41 bits per heavy atom. The molecular weight excluding hydrogens is 380 g/mol. The van der Waals surface area contributed by atoms with E-state index in [1.807, 2.05) is 57.2 Å². The maximum absolute atomic E-state index is 12.6. The van der Waals surface area contributed by atoms with Crippen molar-refractivity contribution in [2.75, 3.05) is 12.4 Å². The van der Waals surface area contributed by atoms with Gasteiger partial charge in [0.15, 0.2) is 0 Å². The predicted octanol–water partition coefficient (Wildman–Crippen LogP) is 5.19. The van der Waals surface area contributed by atoms with Gasteiger partial charge in [0.25, 0.3) is 0 Å². The molecule has 0 radical (unpaired) electrons. The first-order valence-electron chi connectivity index (χ1n) is 9.20. The molecule has 2 rings (SSSR count). The summed E-state index contributed by atoms with van der Waals surface area (Å²) >= 11 is 6.28. The van der Waals surface area contributed by atoms with E-state index in [1.54, 1.807) is 0 Å². The summed E-state index contributed by atoms with van der Waals surface area (Å²) in [5, 5.41) is 11.3. The maximum atomic E-state index is 12.6. The van der Waals surface area contributed by atoms with Gasteiger partial charge < -0.3 is 9.84 Å². The Bertz CT molecular complexity index is 800. The second kappa shape index (κ2) is 9.22. The molecule has 3 nitrogen and oxygen atoms in total. The van der Waals surface area contributed by atoms with Crippen LogP contribution in [0, 0.1) is 13.8 Å². The van der Waals surface area contributed by atoms with Gasteiger partial charge in [-0.15, -0.1) is 0 Å². The van der Waals surface area contributed by atoms with Crippen LogP contribution in [0.5, 0.6) is 5.75 Å². The Morgan fingerprint density at radius 2 is 1.81 bits per heavy atom. The van der Waals surface area contributed by atoms with E-state index in [4.69, 9.17) is 16.3 Å². The van der Waals surface area contributed by atoms with E-state index in [1.165, 1.54) is 0 Å². The van der Waals surface area contributed by atoms with Crippen LogP contribution in [0.1, 0.15) is 43.9 Å². The minimum Gasteiger partial charge on any atom is -0.493 e. The molecule has 0 saturated heterocycles. The Morgan fingerprint density at radius 1 is 1.19 bits per heavy atom. The standard InChI is InChI=1S/C22H29ClO3S/c1-6-26-21-16(3)11-17(23)12-20(21)22(4,5)13-18(24)14-27(25)19-9-7-15(2)8-10-19/h7-12,18,24H,6,13-14H2,1-5H3. The number of hydrogen-bond donors (Lipinski definition) is 1. The lowest BCUT2D eigenvalue weighted by atomic mass is 9.78. The molecule has 0 aliphatic carbocycles. The number of rotatable bonds is 8. The molecule has 5 heteroatoms. The molecule has 2 aromatic rings. The molecule has 148 valence electrons. The van der Waals surface area contributed by atoms with Crippen LogP contribution in [0.3, 0.4) is 0 Å². The van der Waals surface area contributed by atoms with E-state index >= 15 is 0 Å². The van der Waals surface area contributed by atoms with Crippen LogP contribution >= 0.6 is 11.6 Å². The molecule has 27 heavy (non-hydrogen) atoms. The number of aliphatic hydroxyl groups is 1. The summed E-state index contributed by atoms with van der Waals surface area (Å²) in [5.41, 5.74) is 2.69. The number of benzene rings is 2. The van der Waals surface area contributed by atoms with Gasteiger partial charge in [-0.25, -0.2) is 0 Å². The molecule has 0 amide bonds. The monoisotopic (exact) mass is 408 g/mol. The first kappa shape index (κ1) is 21.9. The van der Waals surface area contributed by atoms with Gasteiger partial charge in [0, 0.05) is 15.5 Å². The van der Waals surface area contributed by atoms with Gasteiger partial charge in [0.1, 0.15) is 5.75 Å². The quantitative estimate of drug-likeness (QED) is 0.653. The highest BCUT2D eigenvalue weighted by Crippen LogP contribution is 2.39. The molecule has 1 N–H and O–H groups in total. The van der Waals surface area contributed by atoms with Gasteiger partial charge in [-0.1, -0.05) is 43.1 Å². The molecule has 0 heterocycles. The lowest BCUT2D eigenvalue weighted by Gasteiger charge is -2.30. The molecule has 0 aliphatic rings. The highest BCUT2D eigenvalue weighted by atomic mass is 35.5. The summed E-state index contributed by atoms with van der Waals surface area (Å²) in [7, 11) is -1.24. The van der Waals surface area contributed by atoms with E-state index in [0.29, 0.717) is 18.1 Å². The Labute approximate surface area is 170 Å². The van der Waals surface area contributed by atoms with Crippen molar-refractivity contribution < 1.29 is 14.1 Å². The summed E-state index contributed by atoms with van der Waals surface area (Å²) < 4.78 is 18.4. The minimum atomic E-state index is -1.24. The summed E-state index contributed by atoms with van der Waals surface area (Å²) in [6, 6.07) is 11.4. The zero-order valence-electron chi connectivity index (χ0n) is 16.7. The van der Waals surface area contributed by atoms with Crippen molar-refractivity contribution in [2.24, 2.45) is 0 Å². The normalized spacial score (nSPS) is 14.0. The van der Waals surface area contributed by atoms with Crippen molar-refractivity contribution >= 4 is 22.4 Å². The van der Waals surface area contributed by atoms with E-state index in [9.17, 15) is 9.32 Å². The van der Waals surface area contributed by atoms with Crippen LogP contribution in [0.25, 0.3) is 0 Å². The summed E-state index contributed by atoms with van der Waals surface area (Å²) in [6.45, 7) is 10.6. The first-order valence-corrected chi connectivity index (χ1v) is 10.9. The van der Waals surface area contributed by atoms with Crippen molar-refractivity contribution in [3.63, 3.8) is 0 Å². The van der Waals surface area contributed by atoms with Gasteiger partial charge in [0.2, 0.25) is 0 Å². The smallest absolute Gasteiger partial charge is 0.126 e. The van der Waals surface area contributed by atoms with Crippen molar-refractivity contribution in [1.82, 2.24) is 0 Å². The van der Waals surface area contributed by atoms with Gasteiger partial charge >= 0.3 is 0 Å². The maximum Gasteiger partial charge on any atom is 0.126 e. The predicted molar refractivity (Wildman–Crippen MR) is 113 cm³/mol. The highest BCUT2D eigenvalue weighted by Gasteiger charge is 2.29. The third-order valence-corrected chi connectivity index (χ3v) is 6.33. The summed E-state index contributed by atoms with van der Waals surface area (Å²) in [6.07, 6.45) is -0.235. The Kier molecular flexibility index (Phi) is 7.49. The largest absolute Gasteiger partial charge is 0.493 e. The van der Waals surface area contributed by atoms with Crippen LogP contribution in [0.2, 0.25) is 5.02 Å². The van der Waals surface area contributed by atoms with Crippen LogP contribution in [0.15, 0.2) is 41.3 Å². The molecule has 2 aromatic carbocycles. The Hall–Kier alpha value is -1.36. The van der Waals surface area contributed by atoms with Crippen LogP contribution in [0.4, 0.5) is 0 Å². The molecule has 0 fully saturated rings. The molecule has 0 saturated carbocycles. The molecule has 0 bridgehead atoms. The van der Waals surface area contributed by atoms with Crippen molar-refractivity contribution in [3.05, 3.63) is 58.1 Å². The fourth-order valence-electron chi connectivity index (χ4n) is 3.29. The molecule has 0 aromatic heterocycles. The van der Waals surface area contributed by atoms with Crippen molar-refractivity contribution in [3.8, 4) is 5.75 Å². The van der Waals surface area contributed by atoms with Crippen LogP contribution < -0.4 is 4.74 Å². The van der Waals surface area contributed by atoms with E-state index in [-0.39, 0.29) is 11.2 Å². The number of halogens is 1. The average Bonchev–Trinajstić information content (AvgIpc) is 2.57. The van der Waals surface area contributed by atoms with E-state index in [0.717, 1.165) is 27.3 Å². The van der Waals surface area contributed by atoms with Gasteiger partial charge in [-0.3, -0.25) is 4.21 Å². The Balaban J connectivity index is 2.17.